The summed E-state index contributed by atoms with van der Waals surface area (Å²) >= 11 is 11.1. The Morgan fingerprint density at radius 2 is 2.18 bits per heavy atom. The molecule has 0 aliphatic carbocycles. The number of amides is 1. The van der Waals surface area contributed by atoms with Crippen molar-refractivity contribution in [3.05, 3.63) is 29.3 Å². The molecule has 0 bridgehead atoms. The standard InChI is InChI=1S/C11H9Cl2NO2.Li.H/c12-6-1-2-7-16-11(15)14-10-5-3-4-9(13)8-10;;/h3-5,8H,6-7H2,(H,14,15);;. The molecule has 1 rings (SSSR count). The summed E-state index contributed by atoms with van der Waals surface area (Å²) in [5, 5.41) is 3.05. The van der Waals surface area contributed by atoms with E-state index >= 15 is 0 Å². The molecule has 0 aliphatic heterocycles. The van der Waals surface area contributed by atoms with Crippen molar-refractivity contribution < 1.29 is 9.53 Å². The van der Waals surface area contributed by atoms with E-state index in [-0.39, 0.29) is 31.3 Å². The third-order valence-electron chi connectivity index (χ3n) is 1.54. The van der Waals surface area contributed by atoms with E-state index in [1.54, 1.807) is 24.3 Å². The zero-order valence-corrected chi connectivity index (χ0v) is 9.81. The van der Waals surface area contributed by atoms with Gasteiger partial charge in [-0.05, 0) is 18.2 Å². The molecule has 0 saturated heterocycles. The second kappa shape index (κ2) is 9.28. The van der Waals surface area contributed by atoms with Crippen molar-refractivity contribution >= 4 is 53.8 Å². The molecule has 0 unspecified atom stereocenters. The van der Waals surface area contributed by atoms with E-state index in [0.717, 1.165) is 0 Å². The van der Waals surface area contributed by atoms with Gasteiger partial charge in [0.2, 0.25) is 0 Å². The van der Waals surface area contributed by atoms with E-state index in [9.17, 15) is 4.79 Å². The summed E-state index contributed by atoms with van der Waals surface area (Å²) in [5.41, 5.74) is 0.572. The Balaban J connectivity index is 0.00000256. The Labute approximate surface area is 122 Å². The molecular formula is C11H10Cl2LiNO2. The first-order valence-corrected chi connectivity index (χ1v) is 5.34. The second-order valence-corrected chi connectivity index (χ2v) is 3.40. The van der Waals surface area contributed by atoms with Crippen molar-refractivity contribution in [2.75, 3.05) is 17.8 Å². The van der Waals surface area contributed by atoms with Crippen LogP contribution in [0.1, 0.15) is 0 Å². The monoisotopic (exact) mass is 265 g/mol. The Kier molecular flexibility index (Phi) is 8.86. The van der Waals surface area contributed by atoms with E-state index in [4.69, 9.17) is 27.9 Å². The van der Waals surface area contributed by atoms with Gasteiger partial charge in [-0.1, -0.05) is 29.5 Å². The van der Waals surface area contributed by atoms with Crippen molar-refractivity contribution in [2.24, 2.45) is 0 Å². The van der Waals surface area contributed by atoms with E-state index in [1.807, 2.05) is 0 Å². The van der Waals surface area contributed by atoms with E-state index < -0.39 is 6.09 Å². The van der Waals surface area contributed by atoms with Gasteiger partial charge in [0.05, 0.1) is 5.88 Å². The molecule has 1 amide bonds. The van der Waals surface area contributed by atoms with Gasteiger partial charge in [-0.3, -0.25) is 5.32 Å². The molecular weight excluding hydrogens is 256 g/mol. The van der Waals surface area contributed by atoms with Crippen molar-refractivity contribution in [3.8, 4) is 11.8 Å². The van der Waals surface area contributed by atoms with Gasteiger partial charge in [0.15, 0.2) is 6.61 Å². The summed E-state index contributed by atoms with van der Waals surface area (Å²) in [7, 11) is 0. The topological polar surface area (TPSA) is 38.3 Å². The molecule has 17 heavy (non-hydrogen) atoms. The molecule has 1 N–H and O–H groups in total. The summed E-state index contributed by atoms with van der Waals surface area (Å²) in [6.07, 6.45) is -0.578. The van der Waals surface area contributed by atoms with Crippen molar-refractivity contribution in [3.63, 3.8) is 0 Å². The number of anilines is 1. The number of alkyl halides is 1. The number of carbonyl (C=O) groups excluding carboxylic acids is 1. The Bertz CT molecular complexity index is 429. The number of hydrogen-bond donors (Lipinski definition) is 1. The molecule has 6 heteroatoms. The average molecular weight is 266 g/mol. The molecule has 0 fully saturated rings. The normalized spacial score (nSPS) is 8.35. The first-order chi connectivity index (χ1) is 7.72. The van der Waals surface area contributed by atoms with E-state index in [1.165, 1.54) is 0 Å². The molecule has 0 radical (unpaired) electrons. The third kappa shape index (κ3) is 7.21. The maximum atomic E-state index is 11.2. The molecule has 3 nitrogen and oxygen atoms in total. The van der Waals surface area contributed by atoms with Crippen LogP contribution in [0, 0.1) is 11.8 Å². The first-order valence-electron chi connectivity index (χ1n) is 4.43. The summed E-state index contributed by atoms with van der Waals surface area (Å²) in [5.74, 6) is 5.36. The third-order valence-corrected chi connectivity index (χ3v) is 1.91. The van der Waals surface area contributed by atoms with Gasteiger partial charge in [-0.2, -0.15) is 0 Å². The van der Waals surface area contributed by atoms with E-state index in [2.05, 4.69) is 17.2 Å². The zero-order chi connectivity index (χ0) is 11.8. The van der Waals surface area contributed by atoms with Crippen LogP contribution < -0.4 is 5.32 Å². The quantitative estimate of drug-likeness (QED) is 0.507. The van der Waals surface area contributed by atoms with Crippen LogP contribution in [-0.2, 0) is 4.74 Å². The molecule has 1 aromatic rings. The predicted octanol–water partition coefficient (Wildman–Crippen LogP) is 2.48. The van der Waals surface area contributed by atoms with Crippen LogP contribution >= 0.6 is 23.2 Å². The molecule has 0 heterocycles. The van der Waals surface area contributed by atoms with Gasteiger partial charge in [-0.15, -0.1) is 11.6 Å². The van der Waals surface area contributed by atoms with Crippen LogP contribution in [0.5, 0.6) is 0 Å². The maximum absolute atomic E-state index is 11.2. The van der Waals surface area contributed by atoms with Crippen LogP contribution in [0.2, 0.25) is 5.02 Å². The van der Waals surface area contributed by atoms with Crippen molar-refractivity contribution in [1.29, 1.82) is 0 Å². The van der Waals surface area contributed by atoms with Crippen LogP contribution in [0.15, 0.2) is 24.3 Å². The number of benzene rings is 1. The molecule has 86 valence electrons. The van der Waals surface area contributed by atoms with Crippen LogP contribution in [0.3, 0.4) is 0 Å². The van der Waals surface area contributed by atoms with Crippen LogP contribution in [-0.4, -0.2) is 37.4 Å². The second-order valence-electron chi connectivity index (χ2n) is 2.70. The van der Waals surface area contributed by atoms with Gasteiger partial charge in [0.1, 0.15) is 0 Å². The molecule has 0 aromatic heterocycles. The first kappa shape index (κ1) is 16.2. The minimum atomic E-state index is -0.578. The van der Waals surface area contributed by atoms with Gasteiger partial charge < -0.3 is 4.74 Å². The Hall–Kier alpha value is -0.773. The fraction of sp³-hybridized carbons (Fsp3) is 0.182. The Morgan fingerprint density at radius 1 is 1.41 bits per heavy atom. The predicted molar refractivity (Wildman–Crippen MR) is 72.1 cm³/mol. The summed E-state index contributed by atoms with van der Waals surface area (Å²) in [4.78, 5) is 11.2. The number of rotatable bonds is 2. The Morgan fingerprint density at radius 3 is 2.82 bits per heavy atom. The van der Waals surface area contributed by atoms with Crippen LogP contribution in [0.4, 0.5) is 10.5 Å². The molecule has 1 aromatic carbocycles. The molecule has 0 spiro atoms. The number of hydrogen-bond acceptors (Lipinski definition) is 2. The van der Waals surface area contributed by atoms with Crippen LogP contribution in [0.25, 0.3) is 0 Å². The van der Waals surface area contributed by atoms with Crippen molar-refractivity contribution in [1.82, 2.24) is 0 Å². The minimum absolute atomic E-state index is 0. The average Bonchev–Trinajstić information content (AvgIpc) is 2.24. The summed E-state index contributed by atoms with van der Waals surface area (Å²) in [6.45, 7) is 0.0130. The number of ether oxygens (including phenoxy) is 1. The fourth-order valence-electron chi connectivity index (χ4n) is 0.920. The van der Waals surface area contributed by atoms with E-state index in [0.29, 0.717) is 10.7 Å². The van der Waals surface area contributed by atoms with Crippen molar-refractivity contribution in [2.45, 2.75) is 0 Å². The van der Waals surface area contributed by atoms with Gasteiger partial charge in [0.25, 0.3) is 0 Å². The summed E-state index contributed by atoms with van der Waals surface area (Å²) < 4.78 is 4.76. The van der Waals surface area contributed by atoms with Gasteiger partial charge in [-0.25, -0.2) is 4.79 Å². The zero-order valence-electron chi connectivity index (χ0n) is 8.30. The molecule has 0 saturated carbocycles. The van der Waals surface area contributed by atoms with Gasteiger partial charge in [0, 0.05) is 10.7 Å². The molecule has 0 aliphatic rings. The molecule has 0 atom stereocenters. The summed E-state index contributed by atoms with van der Waals surface area (Å²) in [6, 6.07) is 6.76. The van der Waals surface area contributed by atoms with Gasteiger partial charge >= 0.3 is 25.0 Å². The number of nitrogens with one attached hydrogen (secondary N) is 1. The fourth-order valence-corrected chi connectivity index (χ4v) is 1.20. The number of carbonyl (C=O) groups is 1. The number of halogens is 2. The SMILES string of the molecule is O=C(Nc1cccc(Cl)c1)OCC#CCCl.[LiH].